The van der Waals surface area contributed by atoms with E-state index in [0.29, 0.717) is 17.3 Å². The van der Waals surface area contributed by atoms with Gasteiger partial charge in [-0.15, -0.1) is 0 Å². The molecule has 0 unspecified atom stereocenters. The lowest BCUT2D eigenvalue weighted by atomic mass is 10.1. The van der Waals surface area contributed by atoms with Gasteiger partial charge in [-0.25, -0.2) is 4.98 Å². The topological polar surface area (TPSA) is 56.7 Å². The molecule has 1 aromatic heterocycles. The Hall–Kier alpha value is -0.900. The molecular weight excluding hydrogens is 176 g/mol. The second-order valence-corrected chi connectivity index (χ2v) is 4.58. The molecule has 0 saturated heterocycles. The summed E-state index contributed by atoms with van der Waals surface area (Å²) in [6.45, 7) is 8.23. The van der Waals surface area contributed by atoms with Crippen LogP contribution in [0.2, 0.25) is 0 Å². The molecule has 1 heterocycles. The summed E-state index contributed by atoms with van der Waals surface area (Å²) in [4.78, 5) is 4.34. The highest BCUT2D eigenvalue weighted by Gasteiger charge is 2.59. The third-order valence-electron chi connectivity index (χ3n) is 3.53. The van der Waals surface area contributed by atoms with Crippen molar-refractivity contribution in [2.24, 2.45) is 17.1 Å². The minimum Gasteiger partial charge on any atom is -0.330 e. The van der Waals surface area contributed by atoms with E-state index in [2.05, 4.69) is 30.9 Å². The number of nitrogens with two attached hydrogens (primary N) is 1. The van der Waals surface area contributed by atoms with Crippen molar-refractivity contribution in [2.45, 2.75) is 33.2 Å². The lowest BCUT2D eigenvalue weighted by molar-refractivity contribution is 0.542. The number of hydrogen-bond acceptors (Lipinski definition) is 3. The molecule has 0 aliphatic heterocycles. The fourth-order valence-corrected chi connectivity index (χ4v) is 2.45. The minimum atomic E-state index is 0.300. The minimum absolute atomic E-state index is 0.300. The summed E-state index contributed by atoms with van der Waals surface area (Å²) in [5, 5.41) is 4.19. The van der Waals surface area contributed by atoms with E-state index in [9.17, 15) is 0 Å². The zero-order chi connectivity index (χ0) is 10.3. The van der Waals surface area contributed by atoms with Crippen LogP contribution in [0.1, 0.15) is 32.5 Å². The van der Waals surface area contributed by atoms with Gasteiger partial charge in [0.1, 0.15) is 12.2 Å². The molecule has 78 valence electrons. The van der Waals surface area contributed by atoms with Gasteiger partial charge in [0.15, 0.2) is 0 Å². The summed E-state index contributed by atoms with van der Waals surface area (Å²) >= 11 is 0. The molecule has 1 saturated carbocycles. The highest BCUT2D eigenvalue weighted by Crippen LogP contribution is 2.63. The van der Waals surface area contributed by atoms with Crippen molar-refractivity contribution in [3.05, 3.63) is 12.2 Å². The quantitative estimate of drug-likeness (QED) is 0.781. The van der Waals surface area contributed by atoms with Crippen LogP contribution in [0.3, 0.4) is 0 Å². The second kappa shape index (κ2) is 3.05. The van der Waals surface area contributed by atoms with Crippen LogP contribution in [-0.4, -0.2) is 21.3 Å². The molecule has 0 bridgehead atoms. The summed E-state index contributed by atoms with van der Waals surface area (Å²) in [7, 11) is 0. The van der Waals surface area contributed by atoms with Crippen LogP contribution >= 0.6 is 0 Å². The van der Waals surface area contributed by atoms with Crippen molar-refractivity contribution in [1.29, 1.82) is 0 Å². The zero-order valence-corrected chi connectivity index (χ0v) is 9.07. The molecule has 2 rings (SSSR count). The molecule has 1 aliphatic carbocycles. The Bertz CT molecular complexity index is 329. The van der Waals surface area contributed by atoms with Crippen molar-refractivity contribution in [2.75, 3.05) is 6.54 Å². The smallest absolute Gasteiger partial charge is 0.138 e. The average molecular weight is 194 g/mol. The molecule has 1 aliphatic rings. The fraction of sp³-hybridized carbons (Fsp3) is 0.800. The summed E-state index contributed by atoms with van der Waals surface area (Å²) < 4.78 is 1.97. The van der Waals surface area contributed by atoms with E-state index in [-0.39, 0.29) is 0 Å². The van der Waals surface area contributed by atoms with Gasteiger partial charge in [0, 0.05) is 12.5 Å². The molecule has 0 amide bonds. The van der Waals surface area contributed by atoms with E-state index in [1.165, 1.54) is 0 Å². The molecule has 1 aromatic rings. The third-order valence-corrected chi connectivity index (χ3v) is 3.53. The van der Waals surface area contributed by atoms with Crippen molar-refractivity contribution in [3.8, 4) is 0 Å². The summed E-state index contributed by atoms with van der Waals surface area (Å²) in [6.07, 6.45) is 1.64. The predicted octanol–water partition coefficient (Wildman–Crippen LogP) is 0.996. The number of aromatic nitrogens is 3. The van der Waals surface area contributed by atoms with Gasteiger partial charge in [-0.3, -0.25) is 4.68 Å². The van der Waals surface area contributed by atoms with E-state index < -0.39 is 0 Å². The van der Waals surface area contributed by atoms with Crippen LogP contribution < -0.4 is 5.73 Å². The van der Waals surface area contributed by atoms with Gasteiger partial charge in [0.05, 0.1) is 0 Å². The normalized spacial score (nSPS) is 29.1. The maximum atomic E-state index is 5.74. The first-order valence-electron chi connectivity index (χ1n) is 5.20. The first kappa shape index (κ1) is 9.65. The lowest BCUT2D eigenvalue weighted by Crippen LogP contribution is -2.06. The van der Waals surface area contributed by atoms with Crippen LogP contribution in [0.25, 0.3) is 0 Å². The first-order chi connectivity index (χ1) is 6.62. The average Bonchev–Trinajstić information content (AvgIpc) is 2.55. The standard InChI is InChI=1S/C10H18N4/c1-4-14-9(12-6-13-14)8-7(5-11)10(8,2)3/h6-8H,4-5,11H2,1-3H3/t7-,8+/m0/s1. The van der Waals surface area contributed by atoms with Crippen LogP contribution in [0, 0.1) is 11.3 Å². The Labute approximate surface area is 84.5 Å². The van der Waals surface area contributed by atoms with Gasteiger partial charge in [-0.1, -0.05) is 13.8 Å². The number of aryl methyl sites for hydroxylation is 1. The van der Waals surface area contributed by atoms with Gasteiger partial charge in [0.2, 0.25) is 0 Å². The van der Waals surface area contributed by atoms with Gasteiger partial charge in [-0.2, -0.15) is 5.10 Å². The fourth-order valence-electron chi connectivity index (χ4n) is 2.45. The molecular formula is C10H18N4. The molecule has 2 N–H and O–H groups in total. The Morgan fingerprint density at radius 1 is 1.57 bits per heavy atom. The molecule has 4 heteroatoms. The van der Waals surface area contributed by atoms with Gasteiger partial charge in [0.25, 0.3) is 0 Å². The second-order valence-electron chi connectivity index (χ2n) is 4.58. The van der Waals surface area contributed by atoms with E-state index in [4.69, 9.17) is 5.73 Å². The molecule has 0 spiro atoms. The molecule has 4 nitrogen and oxygen atoms in total. The molecule has 0 radical (unpaired) electrons. The molecule has 0 aromatic carbocycles. The molecule has 2 atom stereocenters. The van der Waals surface area contributed by atoms with Crippen molar-refractivity contribution >= 4 is 0 Å². The molecule has 14 heavy (non-hydrogen) atoms. The highest BCUT2D eigenvalue weighted by atomic mass is 15.3. The summed E-state index contributed by atoms with van der Waals surface area (Å²) in [6, 6.07) is 0. The number of nitrogens with zero attached hydrogens (tertiary/aromatic N) is 3. The summed E-state index contributed by atoms with van der Waals surface area (Å²) in [5.74, 6) is 2.17. The number of rotatable bonds is 3. The lowest BCUT2D eigenvalue weighted by Gasteiger charge is -2.03. The monoisotopic (exact) mass is 194 g/mol. The first-order valence-corrected chi connectivity index (χ1v) is 5.20. The third kappa shape index (κ3) is 1.17. The van der Waals surface area contributed by atoms with Crippen molar-refractivity contribution in [1.82, 2.24) is 14.8 Å². The largest absolute Gasteiger partial charge is 0.330 e. The van der Waals surface area contributed by atoms with Crippen molar-refractivity contribution in [3.63, 3.8) is 0 Å². The Morgan fingerprint density at radius 2 is 2.29 bits per heavy atom. The van der Waals surface area contributed by atoms with Crippen LogP contribution in [0.15, 0.2) is 6.33 Å². The molecule has 1 fully saturated rings. The predicted molar refractivity (Wildman–Crippen MR) is 54.8 cm³/mol. The van der Waals surface area contributed by atoms with Gasteiger partial charge < -0.3 is 5.73 Å². The van der Waals surface area contributed by atoms with Crippen LogP contribution in [0.4, 0.5) is 0 Å². The number of hydrogen-bond donors (Lipinski definition) is 1. The zero-order valence-electron chi connectivity index (χ0n) is 9.07. The van der Waals surface area contributed by atoms with Gasteiger partial charge >= 0.3 is 0 Å². The summed E-state index contributed by atoms with van der Waals surface area (Å²) in [5.41, 5.74) is 6.04. The van der Waals surface area contributed by atoms with Crippen LogP contribution in [0.5, 0.6) is 0 Å². The Balaban J connectivity index is 2.26. The Morgan fingerprint density at radius 3 is 2.79 bits per heavy atom. The van der Waals surface area contributed by atoms with E-state index in [1.807, 2.05) is 4.68 Å². The van der Waals surface area contributed by atoms with Crippen molar-refractivity contribution < 1.29 is 0 Å². The van der Waals surface area contributed by atoms with Gasteiger partial charge in [-0.05, 0) is 24.8 Å². The maximum absolute atomic E-state index is 5.74. The van der Waals surface area contributed by atoms with E-state index >= 15 is 0 Å². The van der Waals surface area contributed by atoms with Crippen LogP contribution in [-0.2, 0) is 6.54 Å². The highest BCUT2D eigenvalue weighted by molar-refractivity contribution is 5.21. The Kier molecular flexibility index (Phi) is 2.10. The SMILES string of the molecule is CCn1ncnc1[C@H]1[C@H](CN)C1(C)C. The van der Waals surface area contributed by atoms with E-state index in [0.717, 1.165) is 18.9 Å². The maximum Gasteiger partial charge on any atom is 0.138 e. The van der Waals surface area contributed by atoms with E-state index in [1.54, 1.807) is 6.33 Å².